The second-order valence-electron chi connectivity index (χ2n) is 3.11. The first kappa shape index (κ1) is 12.9. The third-order valence-corrected chi connectivity index (χ3v) is 2.17. The summed E-state index contributed by atoms with van der Waals surface area (Å²) in [6.45, 7) is -0.702. The molecule has 0 radical (unpaired) electrons. The van der Waals surface area contributed by atoms with Crippen molar-refractivity contribution in [2.24, 2.45) is 0 Å². The molecule has 1 aliphatic rings. The van der Waals surface area contributed by atoms with E-state index in [1.807, 2.05) is 0 Å². The SMILES string of the molecule is O=C([O-])CN1C(=O)c2ccccc2C1=O.[Na+]. The molecule has 76 valence electrons. The number of fused-ring (bicyclic) bond motifs is 1. The number of hydrogen-bond acceptors (Lipinski definition) is 4. The molecule has 0 spiro atoms. The summed E-state index contributed by atoms with van der Waals surface area (Å²) in [4.78, 5) is 34.1. The zero-order chi connectivity index (χ0) is 11.0. The van der Waals surface area contributed by atoms with Crippen molar-refractivity contribution >= 4 is 17.8 Å². The van der Waals surface area contributed by atoms with Crippen molar-refractivity contribution in [3.8, 4) is 0 Å². The van der Waals surface area contributed by atoms with Crippen molar-refractivity contribution in [3.63, 3.8) is 0 Å². The van der Waals surface area contributed by atoms with E-state index < -0.39 is 24.3 Å². The van der Waals surface area contributed by atoms with Gasteiger partial charge in [0.1, 0.15) is 0 Å². The molecule has 6 heteroatoms. The molecule has 16 heavy (non-hydrogen) atoms. The van der Waals surface area contributed by atoms with E-state index in [1.165, 1.54) is 12.1 Å². The van der Waals surface area contributed by atoms with Gasteiger partial charge in [-0.15, -0.1) is 0 Å². The minimum Gasteiger partial charge on any atom is -0.548 e. The van der Waals surface area contributed by atoms with Crippen molar-refractivity contribution in [1.29, 1.82) is 0 Å². The summed E-state index contributed by atoms with van der Waals surface area (Å²) in [5.41, 5.74) is 0.479. The van der Waals surface area contributed by atoms with Gasteiger partial charge in [-0.3, -0.25) is 14.5 Å². The van der Waals surface area contributed by atoms with Gasteiger partial charge in [-0.25, -0.2) is 0 Å². The number of imide groups is 1. The number of carboxylic acid groups (broad SMARTS) is 1. The topological polar surface area (TPSA) is 77.5 Å². The van der Waals surface area contributed by atoms with Crippen molar-refractivity contribution in [2.75, 3.05) is 6.54 Å². The third kappa shape index (κ3) is 2.02. The molecule has 2 rings (SSSR count). The molecule has 0 N–H and O–H groups in total. The Kier molecular flexibility index (Phi) is 3.85. The van der Waals surface area contributed by atoms with E-state index >= 15 is 0 Å². The predicted octanol–water partition coefficient (Wildman–Crippen LogP) is -3.96. The fourth-order valence-corrected chi connectivity index (χ4v) is 1.51. The molecule has 1 aliphatic heterocycles. The van der Waals surface area contributed by atoms with Gasteiger partial charge in [-0.2, -0.15) is 0 Å². The summed E-state index contributed by atoms with van der Waals surface area (Å²) in [5, 5.41) is 10.3. The fraction of sp³-hybridized carbons (Fsp3) is 0.100. The number of benzene rings is 1. The molecular weight excluding hydrogens is 221 g/mol. The smallest absolute Gasteiger partial charge is 0.548 e. The van der Waals surface area contributed by atoms with Crippen LogP contribution < -0.4 is 34.7 Å². The number of rotatable bonds is 2. The van der Waals surface area contributed by atoms with Gasteiger partial charge in [0, 0.05) is 0 Å². The summed E-state index contributed by atoms with van der Waals surface area (Å²) in [6.07, 6.45) is 0. The normalized spacial score (nSPS) is 13.4. The van der Waals surface area contributed by atoms with Crippen LogP contribution in [-0.2, 0) is 4.79 Å². The molecule has 0 aliphatic carbocycles. The van der Waals surface area contributed by atoms with Gasteiger partial charge < -0.3 is 9.90 Å². The van der Waals surface area contributed by atoms with E-state index in [4.69, 9.17) is 0 Å². The molecule has 0 fully saturated rings. The Hall–Kier alpha value is -1.17. The van der Waals surface area contributed by atoms with E-state index in [1.54, 1.807) is 12.1 Å². The van der Waals surface area contributed by atoms with Gasteiger partial charge in [0.05, 0.1) is 23.6 Å². The summed E-state index contributed by atoms with van der Waals surface area (Å²) in [6, 6.07) is 6.22. The van der Waals surface area contributed by atoms with Crippen LogP contribution in [0.3, 0.4) is 0 Å². The Bertz CT molecular complexity index is 437. The molecule has 1 aromatic rings. The maximum Gasteiger partial charge on any atom is 1.00 e. The molecule has 0 saturated carbocycles. The Morgan fingerprint density at radius 3 is 1.94 bits per heavy atom. The van der Waals surface area contributed by atoms with Crippen LogP contribution in [0.2, 0.25) is 0 Å². The summed E-state index contributed by atoms with van der Waals surface area (Å²) >= 11 is 0. The minimum absolute atomic E-state index is 0. The number of nitrogens with zero attached hydrogens (tertiary/aromatic N) is 1. The molecule has 1 heterocycles. The Morgan fingerprint density at radius 1 is 1.12 bits per heavy atom. The molecular formula is C10H6NNaO4. The Balaban J connectivity index is 0.00000128. The molecule has 0 saturated heterocycles. The van der Waals surface area contributed by atoms with Crippen LogP contribution in [0.15, 0.2) is 24.3 Å². The number of hydrogen-bond donors (Lipinski definition) is 0. The molecule has 0 bridgehead atoms. The Labute approximate surface area is 113 Å². The number of carbonyl (C=O) groups is 3. The zero-order valence-electron chi connectivity index (χ0n) is 8.60. The van der Waals surface area contributed by atoms with E-state index in [0.29, 0.717) is 4.90 Å². The summed E-state index contributed by atoms with van der Waals surface area (Å²) < 4.78 is 0. The first-order valence-electron chi connectivity index (χ1n) is 4.26. The summed E-state index contributed by atoms with van der Waals surface area (Å²) in [5.74, 6) is -2.62. The number of carbonyl (C=O) groups excluding carboxylic acids is 3. The second kappa shape index (κ2) is 4.78. The van der Waals surface area contributed by atoms with E-state index in [2.05, 4.69) is 0 Å². The van der Waals surface area contributed by atoms with Crippen LogP contribution in [0.5, 0.6) is 0 Å². The van der Waals surface area contributed by atoms with Crippen LogP contribution in [0.25, 0.3) is 0 Å². The van der Waals surface area contributed by atoms with Crippen LogP contribution in [0, 0.1) is 0 Å². The van der Waals surface area contributed by atoms with Crippen molar-refractivity contribution in [1.82, 2.24) is 4.90 Å². The predicted molar refractivity (Wildman–Crippen MR) is 46.8 cm³/mol. The maximum absolute atomic E-state index is 11.6. The maximum atomic E-state index is 11.6. The number of aliphatic carboxylic acids is 1. The van der Waals surface area contributed by atoms with Crippen LogP contribution in [-0.4, -0.2) is 29.2 Å². The molecule has 0 atom stereocenters. The molecule has 0 aromatic heterocycles. The summed E-state index contributed by atoms with van der Waals surface area (Å²) in [7, 11) is 0. The standard InChI is InChI=1S/C10H7NO4.Na/c12-8(13)5-11-9(14)6-3-1-2-4-7(6)10(11)15;/h1-4H,5H2,(H,12,13);/q;+1/p-1. The van der Waals surface area contributed by atoms with Crippen LogP contribution >= 0.6 is 0 Å². The quantitative estimate of drug-likeness (QED) is 0.381. The van der Waals surface area contributed by atoms with Gasteiger partial charge >= 0.3 is 29.6 Å². The largest absolute Gasteiger partial charge is 1.00 e. The number of carboxylic acids is 1. The third-order valence-electron chi connectivity index (χ3n) is 2.17. The van der Waals surface area contributed by atoms with Gasteiger partial charge in [-0.1, -0.05) is 12.1 Å². The van der Waals surface area contributed by atoms with E-state index in [-0.39, 0.29) is 40.7 Å². The van der Waals surface area contributed by atoms with Crippen molar-refractivity contribution in [3.05, 3.63) is 35.4 Å². The minimum atomic E-state index is -1.45. The first-order valence-corrected chi connectivity index (χ1v) is 4.26. The van der Waals surface area contributed by atoms with Gasteiger partial charge in [0.15, 0.2) is 0 Å². The molecule has 2 amide bonds. The van der Waals surface area contributed by atoms with E-state index in [9.17, 15) is 19.5 Å². The van der Waals surface area contributed by atoms with Crippen LogP contribution in [0.4, 0.5) is 0 Å². The van der Waals surface area contributed by atoms with Gasteiger partial charge in [0.25, 0.3) is 11.8 Å². The number of amides is 2. The Morgan fingerprint density at radius 2 is 1.56 bits per heavy atom. The van der Waals surface area contributed by atoms with Gasteiger partial charge in [0.2, 0.25) is 0 Å². The second-order valence-corrected chi connectivity index (χ2v) is 3.11. The molecule has 5 nitrogen and oxygen atoms in total. The monoisotopic (exact) mass is 227 g/mol. The van der Waals surface area contributed by atoms with Crippen molar-refractivity contribution in [2.45, 2.75) is 0 Å². The molecule has 0 unspecified atom stereocenters. The first-order chi connectivity index (χ1) is 7.11. The average molecular weight is 227 g/mol. The average Bonchev–Trinajstić information content (AvgIpc) is 2.44. The molecule has 1 aromatic carbocycles. The van der Waals surface area contributed by atoms with E-state index in [0.717, 1.165) is 0 Å². The van der Waals surface area contributed by atoms with Gasteiger partial charge in [-0.05, 0) is 12.1 Å². The fourth-order valence-electron chi connectivity index (χ4n) is 1.51. The zero-order valence-corrected chi connectivity index (χ0v) is 10.6. The van der Waals surface area contributed by atoms with Crippen LogP contribution in [0.1, 0.15) is 20.7 Å². The van der Waals surface area contributed by atoms with Crippen molar-refractivity contribution < 1.29 is 49.0 Å².